The van der Waals surface area contributed by atoms with Gasteiger partial charge in [-0.05, 0) is 12.1 Å². The Morgan fingerprint density at radius 1 is 1.32 bits per heavy atom. The maximum absolute atomic E-state index is 12.6. The van der Waals surface area contributed by atoms with Crippen molar-refractivity contribution in [3.05, 3.63) is 40.9 Å². The van der Waals surface area contributed by atoms with Crippen molar-refractivity contribution in [1.82, 2.24) is 15.6 Å². The van der Waals surface area contributed by atoms with Gasteiger partial charge in [0.2, 0.25) is 0 Å². The van der Waals surface area contributed by atoms with Crippen molar-refractivity contribution >= 4 is 17.2 Å². The van der Waals surface area contributed by atoms with Gasteiger partial charge in [-0.15, -0.1) is 11.3 Å². The van der Waals surface area contributed by atoms with E-state index in [2.05, 4.69) is 21.7 Å². The van der Waals surface area contributed by atoms with Gasteiger partial charge in [-0.2, -0.15) is 18.4 Å². The lowest BCUT2D eigenvalue weighted by Crippen LogP contribution is -2.39. The SMILES string of the molecule is N#CC1CNCC1NC(=O)c1cnc(-c2ccc(C(F)(F)F)cc2)s1. The number of alkyl halides is 3. The minimum atomic E-state index is -4.39. The van der Waals surface area contributed by atoms with Crippen LogP contribution in [0.3, 0.4) is 0 Å². The number of nitrogens with one attached hydrogen (secondary N) is 2. The van der Waals surface area contributed by atoms with Crippen LogP contribution in [0, 0.1) is 17.2 Å². The second-order valence-corrected chi connectivity index (χ2v) is 6.61. The van der Waals surface area contributed by atoms with E-state index < -0.39 is 11.7 Å². The summed E-state index contributed by atoms with van der Waals surface area (Å²) in [6.07, 6.45) is -3.00. The summed E-state index contributed by atoms with van der Waals surface area (Å²) in [7, 11) is 0. The number of halogens is 3. The summed E-state index contributed by atoms with van der Waals surface area (Å²) in [4.78, 5) is 16.7. The molecule has 1 saturated heterocycles. The van der Waals surface area contributed by atoms with Gasteiger partial charge in [-0.25, -0.2) is 4.98 Å². The maximum Gasteiger partial charge on any atom is 0.416 e. The third-order valence-electron chi connectivity index (χ3n) is 3.89. The number of thiazole rings is 1. The van der Waals surface area contributed by atoms with Gasteiger partial charge in [0.25, 0.3) is 5.91 Å². The van der Waals surface area contributed by atoms with Crippen LogP contribution in [0.2, 0.25) is 0 Å². The summed E-state index contributed by atoms with van der Waals surface area (Å²) in [5, 5.41) is 15.3. The van der Waals surface area contributed by atoms with Crippen LogP contribution < -0.4 is 10.6 Å². The van der Waals surface area contributed by atoms with E-state index in [4.69, 9.17) is 5.26 Å². The number of rotatable bonds is 3. The Bertz CT molecular complexity index is 810. The topological polar surface area (TPSA) is 77.8 Å². The molecule has 1 aliphatic rings. The molecule has 25 heavy (non-hydrogen) atoms. The number of benzene rings is 1. The fourth-order valence-corrected chi connectivity index (χ4v) is 3.34. The molecule has 0 aliphatic carbocycles. The fraction of sp³-hybridized carbons (Fsp3) is 0.312. The highest BCUT2D eigenvalue weighted by molar-refractivity contribution is 7.16. The average Bonchev–Trinajstić information content (AvgIpc) is 3.23. The van der Waals surface area contributed by atoms with Crippen LogP contribution in [0.5, 0.6) is 0 Å². The van der Waals surface area contributed by atoms with Crippen LogP contribution in [-0.4, -0.2) is 30.0 Å². The third kappa shape index (κ3) is 3.81. The quantitative estimate of drug-likeness (QED) is 0.876. The standard InChI is InChI=1S/C16H13F3N4OS/c17-16(18,19)11-3-1-9(2-4-11)15-22-8-13(25-15)14(24)23-12-7-21-6-10(12)5-20/h1-4,8,10,12,21H,6-7H2,(H,23,24). The van der Waals surface area contributed by atoms with Gasteiger partial charge in [-0.1, -0.05) is 12.1 Å². The molecule has 2 aromatic rings. The van der Waals surface area contributed by atoms with Crippen LogP contribution >= 0.6 is 11.3 Å². The molecule has 2 unspecified atom stereocenters. The highest BCUT2D eigenvalue weighted by Crippen LogP contribution is 2.32. The molecule has 1 amide bonds. The Balaban J connectivity index is 1.72. The first-order valence-corrected chi connectivity index (χ1v) is 8.25. The minimum Gasteiger partial charge on any atom is -0.346 e. The molecule has 0 radical (unpaired) electrons. The average molecular weight is 366 g/mol. The van der Waals surface area contributed by atoms with E-state index in [-0.39, 0.29) is 17.9 Å². The summed E-state index contributed by atoms with van der Waals surface area (Å²) in [5.74, 6) is -0.629. The van der Waals surface area contributed by atoms with E-state index in [0.29, 0.717) is 28.5 Å². The van der Waals surface area contributed by atoms with E-state index in [1.807, 2.05) is 0 Å². The van der Waals surface area contributed by atoms with E-state index in [1.165, 1.54) is 18.3 Å². The highest BCUT2D eigenvalue weighted by atomic mass is 32.1. The number of amides is 1. The Hall–Kier alpha value is -2.44. The van der Waals surface area contributed by atoms with Gasteiger partial charge in [-0.3, -0.25) is 4.79 Å². The molecule has 0 saturated carbocycles. The lowest BCUT2D eigenvalue weighted by molar-refractivity contribution is -0.137. The first kappa shape index (κ1) is 17.4. The van der Waals surface area contributed by atoms with E-state index in [0.717, 1.165) is 23.5 Å². The molecule has 1 fully saturated rings. The number of hydrogen-bond donors (Lipinski definition) is 2. The summed E-state index contributed by atoms with van der Waals surface area (Å²) in [5.41, 5.74) is -0.225. The number of carbonyl (C=O) groups excluding carboxylic acids is 1. The molecule has 5 nitrogen and oxygen atoms in total. The van der Waals surface area contributed by atoms with Gasteiger partial charge in [0.1, 0.15) is 9.88 Å². The van der Waals surface area contributed by atoms with Gasteiger partial charge in [0.15, 0.2) is 0 Å². The smallest absolute Gasteiger partial charge is 0.346 e. The molecule has 3 rings (SSSR count). The molecule has 0 bridgehead atoms. The molecule has 1 aromatic carbocycles. The van der Waals surface area contributed by atoms with Crippen LogP contribution in [-0.2, 0) is 6.18 Å². The lowest BCUT2D eigenvalue weighted by atomic mass is 10.1. The Kier molecular flexibility index (Phi) is 4.74. The summed E-state index contributed by atoms with van der Waals surface area (Å²) < 4.78 is 37.8. The molecular formula is C16H13F3N4OS. The van der Waals surface area contributed by atoms with Crippen molar-refractivity contribution in [3.63, 3.8) is 0 Å². The zero-order valence-electron chi connectivity index (χ0n) is 12.8. The molecule has 2 heterocycles. The Labute approximate surface area is 145 Å². The monoisotopic (exact) mass is 366 g/mol. The van der Waals surface area contributed by atoms with E-state index in [1.54, 1.807) is 0 Å². The van der Waals surface area contributed by atoms with E-state index >= 15 is 0 Å². The molecule has 2 N–H and O–H groups in total. The van der Waals surface area contributed by atoms with Gasteiger partial charge < -0.3 is 10.6 Å². The highest BCUT2D eigenvalue weighted by Gasteiger charge is 2.30. The molecule has 1 aliphatic heterocycles. The van der Waals surface area contributed by atoms with Gasteiger partial charge >= 0.3 is 6.18 Å². The fourth-order valence-electron chi connectivity index (χ4n) is 2.52. The number of hydrogen-bond acceptors (Lipinski definition) is 5. The minimum absolute atomic E-state index is 0.269. The van der Waals surface area contributed by atoms with Crippen molar-refractivity contribution in [2.45, 2.75) is 12.2 Å². The molecule has 9 heteroatoms. The van der Waals surface area contributed by atoms with Crippen molar-refractivity contribution in [1.29, 1.82) is 5.26 Å². The molecule has 0 spiro atoms. The zero-order valence-corrected chi connectivity index (χ0v) is 13.6. The van der Waals surface area contributed by atoms with E-state index in [9.17, 15) is 18.0 Å². The van der Waals surface area contributed by atoms with Crippen LogP contribution in [0.25, 0.3) is 10.6 Å². The van der Waals surface area contributed by atoms with Crippen LogP contribution in [0.15, 0.2) is 30.5 Å². The Morgan fingerprint density at radius 3 is 2.68 bits per heavy atom. The number of aromatic nitrogens is 1. The van der Waals surface area contributed by atoms with Crippen LogP contribution in [0.1, 0.15) is 15.2 Å². The van der Waals surface area contributed by atoms with Gasteiger partial charge in [0, 0.05) is 18.7 Å². The molecule has 1 aromatic heterocycles. The summed E-state index contributed by atoms with van der Waals surface area (Å²) in [6, 6.07) is 6.50. The number of carbonyl (C=O) groups is 1. The third-order valence-corrected chi connectivity index (χ3v) is 4.93. The summed E-state index contributed by atoms with van der Waals surface area (Å²) in [6.45, 7) is 1.05. The molecule has 130 valence electrons. The normalized spacial score (nSPS) is 20.2. The van der Waals surface area contributed by atoms with Crippen molar-refractivity contribution in [3.8, 4) is 16.6 Å². The lowest BCUT2D eigenvalue weighted by Gasteiger charge is -2.13. The number of nitriles is 1. The van der Waals surface area contributed by atoms with Crippen molar-refractivity contribution < 1.29 is 18.0 Å². The first-order valence-electron chi connectivity index (χ1n) is 7.43. The first-order chi connectivity index (χ1) is 11.9. The Morgan fingerprint density at radius 2 is 2.04 bits per heavy atom. The van der Waals surface area contributed by atoms with Crippen molar-refractivity contribution in [2.75, 3.05) is 13.1 Å². The predicted molar refractivity (Wildman–Crippen MR) is 85.8 cm³/mol. The molecule has 2 atom stereocenters. The van der Waals surface area contributed by atoms with Crippen molar-refractivity contribution in [2.24, 2.45) is 5.92 Å². The largest absolute Gasteiger partial charge is 0.416 e. The number of nitrogens with zero attached hydrogens (tertiary/aromatic N) is 2. The van der Waals surface area contributed by atoms with Gasteiger partial charge in [0.05, 0.1) is 29.8 Å². The second kappa shape index (κ2) is 6.82. The maximum atomic E-state index is 12.6. The van der Waals surface area contributed by atoms with Crippen LogP contribution in [0.4, 0.5) is 13.2 Å². The summed E-state index contributed by atoms with van der Waals surface area (Å²) >= 11 is 1.09. The second-order valence-electron chi connectivity index (χ2n) is 5.58. The molecular weight excluding hydrogens is 353 g/mol. The predicted octanol–water partition coefficient (Wildman–Crippen LogP) is 2.67. The zero-order chi connectivity index (χ0) is 18.0.